The van der Waals surface area contributed by atoms with E-state index in [4.69, 9.17) is 22.7 Å². The summed E-state index contributed by atoms with van der Waals surface area (Å²) in [4.78, 5) is 12.2. The van der Waals surface area contributed by atoms with Gasteiger partial charge in [-0.15, -0.1) is 0 Å². The van der Waals surface area contributed by atoms with E-state index in [1.807, 2.05) is 0 Å². The van der Waals surface area contributed by atoms with Crippen molar-refractivity contribution in [3.63, 3.8) is 0 Å². The van der Waals surface area contributed by atoms with Crippen molar-refractivity contribution in [1.82, 2.24) is 10.2 Å². The Bertz CT molecular complexity index is 668. The zero-order chi connectivity index (χ0) is 14.7. The normalized spacial score (nSPS) is 10.1. The van der Waals surface area contributed by atoms with Crippen LogP contribution in [0, 0.1) is 0 Å². The van der Waals surface area contributed by atoms with E-state index in [0.29, 0.717) is 5.56 Å². The monoisotopic (exact) mass is 292 g/mol. The SMILES string of the molecule is COc1cccc(C(=O)Nc2[nH]ncc2C(N)=S)c1O. The summed E-state index contributed by atoms with van der Waals surface area (Å²) in [5.41, 5.74) is 5.98. The van der Waals surface area contributed by atoms with Crippen molar-refractivity contribution in [3.05, 3.63) is 35.5 Å². The van der Waals surface area contributed by atoms with Gasteiger partial charge in [-0.3, -0.25) is 9.89 Å². The van der Waals surface area contributed by atoms with Crippen LogP contribution in [0.4, 0.5) is 5.82 Å². The Hall–Kier alpha value is -2.61. The molecule has 0 spiro atoms. The molecule has 5 N–H and O–H groups in total. The lowest BCUT2D eigenvalue weighted by molar-refractivity contribution is 0.102. The van der Waals surface area contributed by atoms with E-state index in [9.17, 15) is 9.90 Å². The number of hydrogen-bond donors (Lipinski definition) is 4. The molecule has 0 saturated carbocycles. The number of benzene rings is 1. The first-order chi connectivity index (χ1) is 9.54. The summed E-state index contributed by atoms with van der Waals surface area (Å²) in [5, 5.41) is 18.8. The molecule has 1 aromatic carbocycles. The zero-order valence-electron chi connectivity index (χ0n) is 10.5. The van der Waals surface area contributed by atoms with Crippen molar-refractivity contribution in [2.75, 3.05) is 12.4 Å². The van der Waals surface area contributed by atoms with Gasteiger partial charge in [0.1, 0.15) is 10.8 Å². The number of phenols is 1. The summed E-state index contributed by atoms with van der Waals surface area (Å²) in [7, 11) is 1.40. The molecule has 2 aromatic rings. The molecule has 0 bridgehead atoms. The van der Waals surface area contributed by atoms with E-state index in [0.717, 1.165) is 0 Å². The Balaban J connectivity index is 2.29. The number of ether oxygens (including phenoxy) is 1. The van der Waals surface area contributed by atoms with Crippen LogP contribution < -0.4 is 15.8 Å². The highest BCUT2D eigenvalue weighted by Gasteiger charge is 2.17. The molecule has 7 nitrogen and oxygen atoms in total. The molecule has 0 aliphatic rings. The molecule has 0 aliphatic heterocycles. The van der Waals surface area contributed by atoms with E-state index in [1.54, 1.807) is 12.1 Å². The minimum Gasteiger partial charge on any atom is -0.504 e. The van der Waals surface area contributed by atoms with Crippen LogP contribution in [0.5, 0.6) is 11.5 Å². The average Bonchev–Trinajstić information content (AvgIpc) is 2.87. The number of carbonyl (C=O) groups is 1. The van der Waals surface area contributed by atoms with Gasteiger partial charge in [-0.25, -0.2) is 0 Å². The van der Waals surface area contributed by atoms with E-state index in [1.165, 1.54) is 19.4 Å². The molecular weight excluding hydrogens is 280 g/mol. The fourth-order valence-corrected chi connectivity index (χ4v) is 1.77. The maximum Gasteiger partial charge on any atom is 0.260 e. The van der Waals surface area contributed by atoms with Crippen LogP contribution >= 0.6 is 12.2 Å². The minimum absolute atomic E-state index is 0.0628. The number of para-hydroxylation sites is 1. The first-order valence-corrected chi connectivity index (χ1v) is 5.96. The molecule has 0 aliphatic carbocycles. The second-order valence-corrected chi connectivity index (χ2v) is 4.27. The Morgan fingerprint density at radius 2 is 2.25 bits per heavy atom. The summed E-state index contributed by atoms with van der Waals surface area (Å²) in [6.45, 7) is 0. The topological polar surface area (TPSA) is 113 Å². The number of aromatic nitrogens is 2. The summed E-state index contributed by atoms with van der Waals surface area (Å²) in [6, 6.07) is 4.60. The third kappa shape index (κ3) is 2.54. The van der Waals surface area contributed by atoms with Crippen LogP contribution in [0.2, 0.25) is 0 Å². The van der Waals surface area contributed by atoms with Crippen LogP contribution in [0.15, 0.2) is 24.4 Å². The largest absolute Gasteiger partial charge is 0.504 e. The fraction of sp³-hybridized carbons (Fsp3) is 0.0833. The van der Waals surface area contributed by atoms with Gasteiger partial charge in [0.2, 0.25) is 0 Å². The Morgan fingerprint density at radius 3 is 2.90 bits per heavy atom. The molecule has 0 unspecified atom stereocenters. The predicted octanol–water partition coefficient (Wildman–Crippen LogP) is 1.01. The first-order valence-electron chi connectivity index (χ1n) is 5.55. The lowest BCUT2D eigenvalue weighted by atomic mass is 10.1. The van der Waals surface area contributed by atoms with Gasteiger partial charge >= 0.3 is 0 Å². The van der Waals surface area contributed by atoms with E-state index in [-0.39, 0.29) is 27.9 Å². The van der Waals surface area contributed by atoms with Crippen molar-refractivity contribution in [2.45, 2.75) is 0 Å². The van der Waals surface area contributed by atoms with Crippen LogP contribution in [0.3, 0.4) is 0 Å². The van der Waals surface area contributed by atoms with Crippen LogP contribution in [-0.4, -0.2) is 33.3 Å². The van der Waals surface area contributed by atoms with Crippen LogP contribution in [0.1, 0.15) is 15.9 Å². The van der Waals surface area contributed by atoms with Gasteiger partial charge in [-0.2, -0.15) is 5.10 Å². The van der Waals surface area contributed by atoms with Crippen molar-refractivity contribution < 1.29 is 14.6 Å². The van der Waals surface area contributed by atoms with E-state index < -0.39 is 5.91 Å². The number of phenolic OH excluding ortho intramolecular Hbond substituents is 1. The maximum absolute atomic E-state index is 12.1. The van der Waals surface area contributed by atoms with E-state index >= 15 is 0 Å². The highest BCUT2D eigenvalue weighted by Crippen LogP contribution is 2.29. The molecule has 0 atom stereocenters. The van der Waals surface area contributed by atoms with Crippen LogP contribution in [0.25, 0.3) is 0 Å². The smallest absolute Gasteiger partial charge is 0.260 e. The quantitative estimate of drug-likeness (QED) is 0.625. The van der Waals surface area contributed by atoms with Gasteiger partial charge in [0.15, 0.2) is 11.5 Å². The van der Waals surface area contributed by atoms with Crippen molar-refractivity contribution in [3.8, 4) is 11.5 Å². The second-order valence-electron chi connectivity index (χ2n) is 3.83. The summed E-state index contributed by atoms with van der Waals surface area (Å²) in [6.07, 6.45) is 1.41. The molecule has 0 fully saturated rings. The number of amides is 1. The molecule has 0 saturated heterocycles. The molecule has 1 heterocycles. The molecule has 20 heavy (non-hydrogen) atoms. The molecular formula is C12H12N4O3S. The number of hydrogen-bond acceptors (Lipinski definition) is 5. The van der Waals surface area contributed by atoms with Crippen molar-refractivity contribution in [1.29, 1.82) is 0 Å². The summed E-state index contributed by atoms with van der Waals surface area (Å²) in [5.74, 6) is -0.311. The van der Waals surface area contributed by atoms with Gasteiger partial charge in [-0.05, 0) is 12.1 Å². The zero-order valence-corrected chi connectivity index (χ0v) is 11.3. The number of rotatable bonds is 4. The predicted molar refractivity (Wildman–Crippen MR) is 77.1 cm³/mol. The number of aromatic amines is 1. The number of aromatic hydroxyl groups is 1. The van der Waals surface area contributed by atoms with Crippen molar-refractivity contribution >= 4 is 28.9 Å². The molecule has 1 amide bonds. The molecule has 0 radical (unpaired) electrons. The standard InChI is InChI=1S/C12H12N4O3S/c1-19-8-4-2-3-6(9(8)17)12(18)15-11-7(10(13)20)5-14-16-11/h2-5,17H,1H3,(H2,13,20)(H2,14,15,16,18). The lowest BCUT2D eigenvalue weighted by Gasteiger charge is -2.09. The number of methoxy groups -OCH3 is 1. The molecule has 1 aromatic heterocycles. The molecule has 2 rings (SSSR count). The first kappa shape index (κ1) is 13.8. The highest BCUT2D eigenvalue weighted by atomic mass is 32.1. The summed E-state index contributed by atoms with van der Waals surface area (Å²) < 4.78 is 4.94. The lowest BCUT2D eigenvalue weighted by Crippen LogP contribution is -2.17. The van der Waals surface area contributed by atoms with Gasteiger partial charge < -0.3 is 20.9 Å². The maximum atomic E-state index is 12.1. The van der Waals surface area contributed by atoms with Gasteiger partial charge in [0.25, 0.3) is 5.91 Å². The van der Waals surface area contributed by atoms with Gasteiger partial charge in [-0.1, -0.05) is 18.3 Å². The number of nitrogens with zero attached hydrogens (tertiary/aromatic N) is 1. The Labute approximate surface area is 119 Å². The molecule has 8 heteroatoms. The van der Waals surface area contributed by atoms with Crippen LogP contribution in [-0.2, 0) is 0 Å². The Morgan fingerprint density at radius 1 is 1.50 bits per heavy atom. The van der Waals surface area contributed by atoms with Crippen molar-refractivity contribution in [2.24, 2.45) is 5.73 Å². The van der Waals surface area contributed by atoms with Gasteiger partial charge in [0, 0.05) is 0 Å². The minimum atomic E-state index is -0.539. The highest BCUT2D eigenvalue weighted by molar-refractivity contribution is 7.80. The number of carbonyl (C=O) groups excluding carboxylic acids is 1. The molecule has 104 valence electrons. The second kappa shape index (κ2) is 5.57. The van der Waals surface area contributed by atoms with Gasteiger partial charge in [0.05, 0.1) is 24.4 Å². The third-order valence-corrected chi connectivity index (χ3v) is 2.83. The average molecular weight is 292 g/mol. The van der Waals surface area contributed by atoms with E-state index in [2.05, 4.69) is 15.5 Å². The fourth-order valence-electron chi connectivity index (χ4n) is 1.62. The Kier molecular flexibility index (Phi) is 3.85. The summed E-state index contributed by atoms with van der Waals surface area (Å²) >= 11 is 4.84. The number of thiocarbonyl (C=S) groups is 1. The third-order valence-electron chi connectivity index (χ3n) is 2.61. The number of nitrogens with two attached hydrogens (primary N) is 1. The number of H-pyrrole nitrogens is 1. The number of anilines is 1. The number of nitrogens with one attached hydrogen (secondary N) is 2.